The first kappa shape index (κ1) is 32.0. The zero-order chi connectivity index (χ0) is 34.9. The van der Waals surface area contributed by atoms with E-state index in [1.807, 2.05) is 60.9 Å². The zero-order valence-corrected chi connectivity index (χ0v) is 30.1. The molecule has 5 aromatic heterocycles. The van der Waals surface area contributed by atoms with Gasteiger partial charge in [-0.1, -0.05) is 161 Å². The number of hydrogen-bond donors (Lipinski definition) is 0. The summed E-state index contributed by atoms with van der Waals surface area (Å²) in [5.74, 6) is 1.14. The molecule has 0 unspecified atom stereocenters. The van der Waals surface area contributed by atoms with E-state index in [0.717, 1.165) is 88.5 Å². The van der Waals surface area contributed by atoms with Gasteiger partial charge in [0.1, 0.15) is 5.65 Å². The molecule has 0 aliphatic rings. The number of hydrogen-bond acceptors (Lipinski definition) is 4. The van der Waals surface area contributed by atoms with Crippen molar-refractivity contribution in [3.05, 3.63) is 176 Å². The van der Waals surface area contributed by atoms with E-state index in [-0.39, 0.29) is 20.4 Å². The maximum absolute atomic E-state index is 6.61. The summed E-state index contributed by atoms with van der Waals surface area (Å²) in [7, 11) is 0. The van der Waals surface area contributed by atoms with Crippen LogP contribution in [0.4, 0.5) is 0 Å². The van der Waals surface area contributed by atoms with Crippen molar-refractivity contribution in [3.8, 4) is 45.3 Å². The van der Waals surface area contributed by atoms with Crippen molar-refractivity contribution in [1.82, 2.24) is 23.8 Å². The normalized spacial score (nSPS) is 11.6. The van der Waals surface area contributed by atoms with E-state index in [9.17, 15) is 0 Å². The molecule has 0 atom stereocenters. The first-order valence-corrected chi connectivity index (χ1v) is 17.5. The van der Waals surface area contributed by atoms with Crippen molar-refractivity contribution in [2.75, 3.05) is 0 Å². The fraction of sp³-hybridized carbons (Fsp3) is 0. The molecule has 6 nitrogen and oxygen atoms in total. The molecule has 6 aromatic carbocycles. The number of fused-ring (bicyclic) bond motifs is 12. The summed E-state index contributed by atoms with van der Waals surface area (Å²) in [6.45, 7) is 0. The summed E-state index contributed by atoms with van der Waals surface area (Å²) in [6, 6.07) is 58.9. The minimum atomic E-state index is 0. The number of imidazole rings is 2. The number of aromatic nitrogens is 5. The molecule has 11 aromatic rings. The van der Waals surface area contributed by atoms with Crippen molar-refractivity contribution in [3.63, 3.8) is 0 Å². The number of benzene rings is 6. The van der Waals surface area contributed by atoms with Gasteiger partial charge in [0.2, 0.25) is 0 Å². The predicted molar refractivity (Wildman–Crippen MR) is 212 cm³/mol. The smallest absolute Gasteiger partial charge is 0.497 e. The van der Waals surface area contributed by atoms with Crippen molar-refractivity contribution in [2.24, 2.45) is 0 Å². The molecule has 0 aliphatic heterocycles. The molecule has 0 amide bonds. The van der Waals surface area contributed by atoms with E-state index >= 15 is 0 Å². The molecule has 0 aliphatic carbocycles. The second kappa shape index (κ2) is 12.8. The first-order chi connectivity index (χ1) is 26.3. The number of rotatable bonds is 5. The second-order valence-corrected chi connectivity index (χ2v) is 13.1. The van der Waals surface area contributed by atoms with E-state index in [2.05, 4.69) is 124 Å². The Morgan fingerprint density at radius 3 is 1.80 bits per heavy atom. The summed E-state index contributed by atoms with van der Waals surface area (Å²) in [5, 5.41) is 5.92. The maximum Gasteiger partial charge on any atom is 2.00 e. The van der Waals surface area contributed by atoms with Crippen LogP contribution in [0.3, 0.4) is 0 Å². The Bertz CT molecular complexity index is 3190. The topological polar surface area (TPSA) is 56.7 Å². The van der Waals surface area contributed by atoms with Gasteiger partial charge in [-0.05, 0) is 28.5 Å². The Morgan fingerprint density at radius 1 is 0.481 bits per heavy atom. The third-order valence-electron chi connectivity index (χ3n) is 9.99. The summed E-state index contributed by atoms with van der Waals surface area (Å²) in [6.07, 6.45) is 3.86. The molecule has 0 spiro atoms. The third kappa shape index (κ3) is 5.02. The fourth-order valence-corrected chi connectivity index (χ4v) is 7.63. The Morgan fingerprint density at radius 2 is 1.07 bits per heavy atom. The van der Waals surface area contributed by atoms with Crippen LogP contribution in [-0.4, -0.2) is 23.8 Å². The Kier molecular flexibility index (Phi) is 7.59. The Labute approximate surface area is 323 Å². The predicted octanol–water partition coefficient (Wildman–Crippen LogP) is 11.4. The van der Waals surface area contributed by atoms with Crippen molar-refractivity contribution >= 4 is 54.8 Å². The molecule has 0 saturated carbocycles. The van der Waals surface area contributed by atoms with Gasteiger partial charge in [0.05, 0.1) is 28.4 Å². The van der Waals surface area contributed by atoms with E-state index in [0.29, 0.717) is 11.5 Å². The van der Waals surface area contributed by atoms with E-state index < -0.39 is 0 Å². The van der Waals surface area contributed by atoms with E-state index in [4.69, 9.17) is 19.7 Å². The third-order valence-corrected chi connectivity index (χ3v) is 9.99. The van der Waals surface area contributed by atoms with Crippen LogP contribution in [0.25, 0.3) is 88.5 Å². The average molecular weight is 784 g/mol. The first-order valence-electron chi connectivity index (χ1n) is 17.5. The Balaban J connectivity index is 0.00000361. The molecule has 0 fully saturated rings. The van der Waals surface area contributed by atoms with Gasteiger partial charge < -0.3 is 13.5 Å². The summed E-state index contributed by atoms with van der Waals surface area (Å²) in [4.78, 5) is 15.2. The monoisotopic (exact) mass is 783 g/mol. The molecule has 0 radical (unpaired) electrons. The van der Waals surface area contributed by atoms with Gasteiger partial charge in [-0.2, -0.15) is 0 Å². The van der Waals surface area contributed by atoms with Crippen LogP contribution in [0.5, 0.6) is 11.5 Å². The molecular weight excluding hydrogens is 757 g/mol. The molecule has 5 heterocycles. The number of pyridine rings is 3. The van der Waals surface area contributed by atoms with Crippen LogP contribution in [0, 0.1) is 12.1 Å². The quantitative estimate of drug-likeness (QED) is 0.0991. The van der Waals surface area contributed by atoms with Crippen LogP contribution in [-0.2, 0) is 20.4 Å². The molecule has 0 bridgehead atoms. The van der Waals surface area contributed by atoms with Crippen molar-refractivity contribution in [2.45, 2.75) is 0 Å². The van der Waals surface area contributed by atoms with Gasteiger partial charge in [0, 0.05) is 40.5 Å². The number of ether oxygens (including phenoxy) is 1. The van der Waals surface area contributed by atoms with Gasteiger partial charge in [-0.15, -0.1) is 12.1 Å². The standard InChI is InChI=1S/C47H27N5O.Pd/c1-4-13-30(14-5-1)41-29-51-45-38(20-12-26-48-45)36-25-23-33(27-39(36)46(51)49-41)53-34-22-24-35-37-19-10-11-21-42(37)52-44(32-17-8-3-9-18-32)43(31-15-6-2-7-16-31)50-47(52)40(35)28-34;/h1-26,29H;/q-2;+2. The number of para-hydroxylation sites is 1. The largest absolute Gasteiger partial charge is 2.00 e. The minimum Gasteiger partial charge on any atom is -0.497 e. The molecule has 0 saturated heterocycles. The van der Waals surface area contributed by atoms with Crippen molar-refractivity contribution < 1.29 is 25.2 Å². The van der Waals surface area contributed by atoms with Crippen LogP contribution in [0.2, 0.25) is 0 Å². The zero-order valence-electron chi connectivity index (χ0n) is 28.5. The molecule has 256 valence electrons. The van der Waals surface area contributed by atoms with Gasteiger partial charge in [0.15, 0.2) is 0 Å². The fourth-order valence-electron chi connectivity index (χ4n) is 7.63. The maximum atomic E-state index is 6.61. The molecule has 54 heavy (non-hydrogen) atoms. The molecule has 0 N–H and O–H groups in total. The molecule has 7 heteroatoms. The minimum absolute atomic E-state index is 0. The molecule has 11 rings (SSSR count). The molecular formula is C47H27N5OPd. The van der Waals surface area contributed by atoms with Gasteiger partial charge in [-0.3, -0.25) is 9.97 Å². The SMILES string of the molecule is [Pd+2].[c-]1c(Oc2[c-]c3c(cc2)c2ccccc2n2c(-c4ccccc4)c(-c4ccccc4)nc32)ccc2c1c1nc(-c3ccccc3)cn1c1ncccc21. The van der Waals surface area contributed by atoms with Gasteiger partial charge >= 0.3 is 20.4 Å². The van der Waals surface area contributed by atoms with Crippen molar-refractivity contribution in [1.29, 1.82) is 0 Å². The Hall–Kier alpha value is -6.65. The summed E-state index contributed by atoms with van der Waals surface area (Å²) < 4.78 is 10.9. The summed E-state index contributed by atoms with van der Waals surface area (Å²) in [5.41, 5.74) is 9.50. The van der Waals surface area contributed by atoms with Gasteiger partial charge in [-0.25, -0.2) is 4.98 Å². The van der Waals surface area contributed by atoms with Crippen LogP contribution >= 0.6 is 0 Å². The second-order valence-electron chi connectivity index (χ2n) is 13.1. The van der Waals surface area contributed by atoms with Crippen LogP contribution < -0.4 is 4.74 Å². The van der Waals surface area contributed by atoms with Crippen LogP contribution in [0.1, 0.15) is 0 Å². The average Bonchev–Trinajstić information content (AvgIpc) is 3.87. The van der Waals surface area contributed by atoms with Gasteiger partial charge in [0.25, 0.3) is 0 Å². The van der Waals surface area contributed by atoms with E-state index in [1.54, 1.807) is 0 Å². The van der Waals surface area contributed by atoms with Crippen LogP contribution in [0.15, 0.2) is 164 Å². The summed E-state index contributed by atoms with van der Waals surface area (Å²) >= 11 is 0. The number of nitrogens with zero attached hydrogens (tertiary/aromatic N) is 5. The van der Waals surface area contributed by atoms with E-state index in [1.165, 1.54) is 0 Å².